The number of carbonyl (C=O) groups excluding carboxylic acids is 1. The molecule has 0 fully saturated rings. The normalized spacial score (nSPS) is 12.4. The van der Waals surface area contributed by atoms with Gasteiger partial charge in [-0.05, 0) is 53.9 Å². The van der Waals surface area contributed by atoms with Gasteiger partial charge >= 0.3 is 6.18 Å². The first-order valence-electron chi connectivity index (χ1n) is 10.1. The first kappa shape index (κ1) is 22.8. The molecule has 1 atom stereocenters. The lowest BCUT2D eigenvalue weighted by Crippen LogP contribution is -2.28. The van der Waals surface area contributed by atoms with Gasteiger partial charge in [0, 0.05) is 10.2 Å². The van der Waals surface area contributed by atoms with Gasteiger partial charge in [-0.1, -0.05) is 58.4 Å². The second kappa shape index (κ2) is 9.23. The summed E-state index contributed by atoms with van der Waals surface area (Å²) in [5, 5.41) is 2.94. The van der Waals surface area contributed by atoms with E-state index in [1.807, 2.05) is 31.2 Å². The van der Waals surface area contributed by atoms with Crippen molar-refractivity contribution in [1.29, 1.82) is 0 Å². The predicted octanol–water partition coefficient (Wildman–Crippen LogP) is 6.81. The van der Waals surface area contributed by atoms with E-state index in [1.54, 1.807) is 34.9 Å². The fraction of sp³-hybridized carbons (Fsp3) is 0.120. The van der Waals surface area contributed by atoms with Gasteiger partial charge in [0.05, 0.1) is 24.1 Å². The van der Waals surface area contributed by atoms with Crippen LogP contribution in [0.5, 0.6) is 0 Å². The number of imidazole rings is 1. The standard InChI is InChI=1S/C25H19BrF3N3O/c1-16(17-9-11-19(26)12-10-17)31-24(33)23-14-30-15-32(23)20-6-4-5-18(13-20)21-7-2-3-8-22(21)25(27,28)29/h2-16H,1H3,(H,31,33)/t16-/m0/s1. The molecule has 4 nitrogen and oxygen atoms in total. The molecule has 0 aliphatic carbocycles. The number of hydrogen-bond acceptors (Lipinski definition) is 2. The molecule has 168 valence electrons. The van der Waals surface area contributed by atoms with E-state index < -0.39 is 11.7 Å². The molecular weight excluding hydrogens is 495 g/mol. The minimum atomic E-state index is -4.48. The van der Waals surface area contributed by atoms with E-state index in [-0.39, 0.29) is 23.2 Å². The van der Waals surface area contributed by atoms with Crippen LogP contribution in [0.15, 0.2) is 89.8 Å². The van der Waals surface area contributed by atoms with Gasteiger partial charge in [-0.15, -0.1) is 0 Å². The van der Waals surface area contributed by atoms with Gasteiger partial charge < -0.3 is 5.32 Å². The maximum Gasteiger partial charge on any atom is 0.417 e. The lowest BCUT2D eigenvalue weighted by molar-refractivity contribution is -0.137. The highest BCUT2D eigenvalue weighted by molar-refractivity contribution is 9.10. The minimum Gasteiger partial charge on any atom is -0.344 e. The lowest BCUT2D eigenvalue weighted by Gasteiger charge is -2.16. The molecule has 1 amide bonds. The van der Waals surface area contributed by atoms with Gasteiger partial charge in [-0.2, -0.15) is 13.2 Å². The Morgan fingerprint density at radius 2 is 1.76 bits per heavy atom. The topological polar surface area (TPSA) is 46.9 Å². The van der Waals surface area contributed by atoms with E-state index in [1.165, 1.54) is 24.7 Å². The molecule has 4 aromatic rings. The summed E-state index contributed by atoms with van der Waals surface area (Å²) in [4.78, 5) is 17.0. The summed E-state index contributed by atoms with van der Waals surface area (Å²) in [5.41, 5.74) is 1.49. The first-order valence-corrected chi connectivity index (χ1v) is 10.9. The van der Waals surface area contributed by atoms with Crippen molar-refractivity contribution in [2.75, 3.05) is 0 Å². The third-order valence-corrected chi connectivity index (χ3v) is 5.79. The smallest absolute Gasteiger partial charge is 0.344 e. The summed E-state index contributed by atoms with van der Waals surface area (Å²) >= 11 is 3.39. The van der Waals surface area contributed by atoms with Crippen LogP contribution < -0.4 is 5.32 Å². The fourth-order valence-corrected chi connectivity index (χ4v) is 3.84. The number of hydrogen-bond donors (Lipinski definition) is 1. The zero-order valence-corrected chi connectivity index (χ0v) is 19.1. The van der Waals surface area contributed by atoms with Crippen LogP contribution >= 0.6 is 15.9 Å². The van der Waals surface area contributed by atoms with Crippen LogP contribution in [-0.4, -0.2) is 15.5 Å². The number of nitrogens with zero attached hydrogens (tertiary/aromatic N) is 2. The second-order valence-electron chi connectivity index (χ2n) is 7.49. The number of nitrogens with one attached hydrogen (secondary N) is 1. The predicted molar refractivity (Wildman–Crippen MR) is 124 cm³/mol. The number of benzene rings is 3. The van der Waals surface area contributed by atoms with Crippen molar-refractivity contribution in [3.8, 4) is 16.8 Å². The number of carbonyl (C=O) groups is 1. The first-order chi connectivity index (χ1) is 15.7. The lowest BCUT2D eigenvalue weighted by atomic mass is 9.99. The van der Waals surface area contributed by atoms with Gasteiger partial charge in [-0.25, -0.2) is 4.98 Å². The van der Waals surface area contributed by atoms with Crippen LogP contribution in [-0.2, 0) is 6.18 Å². The molecule has 0 spiro atoms. The van der Waals surface area contributed by atoms with Crippen molar-refractivity contribution in [1.82, 2.24) is 14.9 Å². The highest BCUT2D eigenvalue weighted by Crippen LogP contribution is 2.37. The molecule has 0 saturated carbocycles. The molecule has 0 saturated heterocycles. The van der Waals surface area contributed by atoms with E-state index in [0.29, 0.717) is 11.3 Å². The van der Waals surface area contributed by atoms with Gasteiger partial charge in [-0.3, -0.25) is 9.36 Å². The van der Waals surface area contributed by atoms with Crippen molar-refractivity contribution in [2.45, 2.75) is 19.1 Å². The Bertz CT molecular complexity index is 1280. The monoisotopic (exact) mass is 513 g/mol. The van der Waals surface area contributed by atoms with Crippen LogP contribution in [0.3, 0.4) is 0 Å². The Morgan fingerprint density at radius 1 is 1.03 bits per heavy atom. The Kier molecular flexibility index (Phi) is 6.37. The molecule has 1 aromatic heterocycles. The van der Waals surface area contributed by atoms with Gasteiger partial charge in [0.25, 0.3) is 5.91 Å². The minimum absolute atomic E-state index is 0.0711. The average Bonchev–Trinajstić information content (AvgIpc) is 3.29. The van der Waals surface area contributed by atoms with E-state index >= 15 is 0 Å². The largest absolute Gasteiger partial charge is 0.417 e. The van der Waals surface area contributed by atoms with Crippen LogP contribution in [0.1, 0.15) is 34.6 Å². The zero-order valence-electron chi connectivity index (χ0n) is 17.5. The Hall–Kier alpha value is -3.39. The molecule has 0 aliphatic rings. The van der Waals surface area contributed by atoms with E-state index in [2.05, 4.69) is 26.2 Å². The Morgan fingerprint density at radius 3 is 2.48 bits per heavy atom. The molecule has 4 rings (SSSR count). The average molecular weight is 514 g/mol. The highest BCUT2D eigenvalue weighted by Gasteiger charge is 2.33. The fourth-order valence-electron chi connectivity index (χ4n) is 3.58. The summed E-state index contributed by atoms with van der Waals surface area (Å²) in [7, 11) is 0. The van der Waals surface area contributed by atoms with Crippen molar-refractivity contribution >= 4 is 21.8 Å². The third kappa shape index (κ3) is 5.01. The van der Waals surface area contributed by atoms with Crippen LogP contribution in [0, 0.1) is 0 Å². The summed E-state index contributed by atoms with van der Waals surface area (Å²) < 4.78 is 43.0. The quantitative estimate of drug-likeness (QED) is 0.318. The molecule has 1 heterocycles. The maximum atomic E-state index is 13.5. The number of aromatic nitrogens is 2. The van der Waals surface area contributed by atoms with E-state index in [9.17, 15) is 18.0 Å². The van der Waals surface area contributed by atoms with Crippen molar-refractivity contribution in [3.63, 3.8) is 0 Å². The highest BCUT2D eigenvalue weighted by atomic mass is 79.9. The Balaban J connectivity index is 1.64. The summed E-state index contributed by atoms with van der Waals surface area (Å²) in [6.07, 6.45) is -1.58. The molecule has 0 bridgehead atoms. The van der Waals surface area contributed by atoms with E-state index in [0.717, 1.165) is 16.1 Å². The van der Waals surface area contributed by atoms with Crippen LogP contribution in [0.4, 0.5) is 13.2 Å². The summed E-state index contributed by atoms with van der Waals surface area (Å²) in [5.74, 6) is -0.344. The van der Waals surface area contributed by atoms with Crippen molar-refractivity contribution < 1.29 is 18.0 Å². The van der Waals surface area contributed by atoms with Gasteiger partial charge in [0.2, 0.25) is 0 Å². The van der Waals surface area contributed by atoms with Crippen LogP contribution in [0.2, 0.25) is 0 Å². The van der Waals surface area contributed by atoms with Crippen molar-refractivity contribution in [3.05, 3.63) is 107 Å². The number of alkyl halides is 3. The summed E-state index contributed by atoms with van der Waals surface area (Å²) in [6.45, 7) is 1.87. The van der Waals surface area contributed by atoms with Gasteiger partial charge in [0.1, 0.15) is 5.69 Å². The zero-order chi connectivity index (χ0) is 23.6. The molecular formula is C25H19BrF3N3O. The third-order valence-electron chi connectivity index (χ3n) is 5.26. The molecule has 0 aliphatic heterocycles. The molecule has 0 radical (unpaired) electrons. The Labute approximate surface area is 197 Å². The molecule has 1 N–H and O–H groups in total. The van der Waals surface area contributed by atoms with Gasteiger partial charge in [0.15, 0.2) is 0 Å². The number of rotatable bonds is 5. The van der Waals surface area contributed by atoms with E-state index in [4.69, 9.17) is 0 Å². The maximum absolute atomic E-state index is 13.5. The molecule has 3 aromatic carbocycles. The number of halogens is 4. The number of amides is 1. The van der Waals surface area contributed by atoms with Crippen molar-refractivity contribution in [2.24, 2.45) is 0 Å². The molecule has 33 heavy (non-hydrogen) atoms. The van der Waals surface area contributed by atoms with Crippen LogP contribution in [0.25, 0.3) is 16.8 Å². The summed E-state index contributed by atoms with van der Waals surface area (Å²) in [6, 6.07) is 19.4. The second-order valence-corrected chi connectivity index (χ2v) is 8.40. The SMILES string of the molecule is C[C@H](NC(=O)c1cncn1-c1cccc(-c2ccccc2C(F)(F)F)c1)c1ccc(Br)cc1. The molecule has 0 unspecified atom stereocenters. The molecule has 8 heteroatoms.